The predicted molar refractivity (Wildman–Crippen MR) is 71.6 cm³/mol. The summed E-state index contributed by atoms with van der Waals surface area (Å²) < 4.78 is 1.06. The third-order valence-corrected chi connectivity index (χ3v) is 3.07. The maximum absolute atomic E-state index is 5.47. The third kappa shape index (κ3) is 2.33. The second kappa shape index (κ2) is 5.27. The highest BCUT2D eigenvalue weighted by atomic mass is 79.9. The second-order valence-corrected chi connectivity index (χ2v) is 4.42. The summed E-state index contributed by atoms with van der Waals surface area (Å²) in [5, 5.41) is 5.62. The normalized spacial score (nSPS) is 10.6. The van der Waals surface area contributed by atoms with Gasteiger partial charge in [0.15, 0.2) is 0 Å². The van der Waals surface area contributed by atoms with Crippen LogP contribution in [-0.2, 0) is 0 Å². The van der Waals surface area contributed by atoms with Gasteiger partial charge in [-0.2, -0.15) is 0 Å². The maximum atomic E-state index is 5.47. The van der Waals surface area contributed by atoms with Crippen LogP contribution in [0.4, 0.5) is 5.82 Å². The van der Waals surface area contributed by atoms with Crippen LogP contribution in [0.25, 0.3) is 10.8 Å². The highest BCUT2D eigenvalue weighted by Gasteiger charge is 2.04. The molecule has 3 N–H and O–H groups in total. The van der Waals surface area contributed by atoms with Crippen LogP contribution in [0, 0.1) is 0 Å². The summed E-state index contributed by atoms with van der Waals surface area (Å²) in [4.78, 5) is 4.36. The minimum Gasteiger partial charge on any atom is -0.369 e. The summed E-state index contributed by atoms with van der Waals surface area (Å²) in [6, 6.07) is 8.14. The van der Waals surface area contributed by atoms with E-state index in [-0.39, 0.29) is 0 Å². The molecule has 0 aliphatic carbocycles. The van der Waals surface area contributed by atoms with Gasteiger partial charge in [0, 0.05) is 22.6 Å². The van der Waals surface area contributed by atoms with Crippen molar-refractivity contribution >= 4 is 32.5 Å². The minimum atomic E-state index is 0.693. The fourth-order valence-electron chi connectivity index (χ4n) is 1.63. The van der Waals surface area contributed by atoms with E-state index in [0.717, 1.165) is 28.6 Å². The Hall–Kier alpha value is -1.13. The lowest BCUT2D eigenvalue weighted by atomic mass is 10.1. The molecule has 1 aromatic carbocycles. The number of nitrogens with two attached hydrogens (primary N) is 1. The fraction of sp³-hybridized carbons (Fsp3) is 0.250. The highest BCUT2D eigenvalue weighted by molar-refractivity contribution is 9.10. The average molecular weight is 280 g/mol. The van der Waals surface area contributed by atoms with Crippen LogP contribution < -0.4 is 11.1 Å². The molecule has 0 aliphatic heterocycles. The molecule has 1 heterocycles. The first-order chi connectivity index (χ1) is 7.83. The molecule has 0 aliphatic rings. The number of nitrogens with one attached hydrogen (secondary N) is 1. The van der Waals surface area contributed by atoms with Gasteiger partial charge in [-0.3, -0.25) is 0 Å². The van der Waals surface area contributed by atoms with Crippen molar-refractivity contribution in [3.05, 3.63) is 34.9 Å². The largest absolute Gasteiger partial charge is 0.369 e. The van der Waals surface area contributed by atoms with Crippen LogP contribution in [0.1, 0.15) is 6.42 Å². The molecular formula is C12H14BrN3. The molecule has 16 heavy (non-hydrogen) atoms. The summed E-state index contributed by atoms with van der Waals surface area (Å²) in [5.74, 6) is 0.915. The zero-order chi connectivity index (χ0) is 11.4. The van der Waals surface area contributed by atoms with Crippen LogP contribution in [0.3, 0.4) is 0 Å². The van der Waals surface area contributed by atoms with E-state index in [4.69, 9.17) is 5.73 Å². The quantitative estimate of drug-likeness (QED) is 0.847. The van der Waals surface area contributed by atoms with Crippen LogP contribution in [0.2, 0.25) is 0 Å². The van der Waals surface area contributed by atoms with E-state index in [1.807, 2.05) is 24.4 Å². The fourth-order valence-corrected chi connectivity index (χ4v) is 2.20. The van der Waals surface area contributed by atoms with Gasteiger partial charge in [0.05, 0.1) is 0 Å². The number of benzene rings is 1. The molecule has 0 bridgehead atoms. The highest BCUT2D eigenvalue weighted by Crippen LogP contribution is 2.28. The van der Waals surface area contributed by atoms with Crippen molar-refractivity contribution in [2.75, 3.05) is 18.4 Å². The van der Waals surface area contributed by atoms with Crippen molar-refractivity contribution in [2.24, 2.45) is 5.73 Å². The van der Waals surface area contributed by atoms with Gasteiger partial charge in [0.1, 0.15) is 5.82 Å². The Morgan fingerprint density at radius 3 is 3.00 bits per heavy atom. The molecule has 0 fully saturated rings. The molecular weight excluding hydrogens is 266 g/mol. The molecule has 2 aromatic rings. The summed E-state index contributed by atoms with van der Waals surface area (Å²) >= 11 is 3.55. The third-order valence-electron chi connectivity index (χ3n) is 2.41. The van der Waals surface area contributed by atoms with Crippen molar-refractivity contribution in [1.82, 2.24) is 4.98 Å². The molecule has 2 rings (SSSR count). The van der Waals surface area contributed by atoms with Crippen molar-refractivity contribution in [3.63, 3.8) is 0 Å². The Kier molecular flexibility index (Phi) is 3.74. The van der Waals surface area contributed by atoms with Crippen molar-refractivity contribution < 1.29 is 0 Å². The number of hydrogen-bond donors (Lipinski definition) is 2. The van der Waals surface area contributed by atoms with Crippen molar-refractivity contribution in [2.45, 2.75) is 6.42 Å². The Labute approximate surface area is 103 Å². The van der Waals surface area contributed by atoms with Gasteiger partial charge in [0.25, 0.3) is 0 Å². The molecule has 0 atom stereocenters. The topological polar surface area (TPSA) is 50.9 Å². The number of hydrogen-bond acceptors (Lipinski definition) is 3. The smallest absolute Gasteiger partial charge is 0.134 e. The lowest BCUT2D eigenvalue weighted by molar-refractivity contribution is 0.871. The lowest BCUT2D eigenvalue weighted by Crippen LogP contribution is -2.09. The molecule has 1 aromatic heterocycles. The van der Waals surface area contributed by atoms with Gasteiger partial charge < -0.3 is 11.1 Å². The second-order valence-electron chi connectivity index (χ2n) is 3.57. The van der Waals surface area contributed by atoms with Gasteiger partial charge in [-0.15, -0.1) is 0 Å². The number of fused-ring (bicyclic) bond motifs is 1. The van der Waals surface area contributed by atoms with Gasteiger partial charge in [0.2, 0.25) is 0 Å². The molecule has 0 saturated carbocycles. The average Bonchev–Trinajstić information content (AvgIpc) is 2.30. The summed E-state index contributed by atoms with van der Waals surface area (Å²) in [5.41, 5.74) is 5.47. The first-order valence-electron chi connectivity index (χ1n) is 5.30. The Morgan fingerprint density at radius 2 is 2.19 bits per heavy atom. The van der Waals surface area contributed by atoms with Gasteiger partial charge >= 0.3 is 0 Å². The van der Waals surface area contributed by atoms with Crippen molar-refractivity contribution in [3.8, 4) is 0 Å². The van der Waals surface area contributed by atoms with Gasteiger partial charge in [-0.05, 0) is 30.5 Å². The van der Waals surface area contributed by atoms with E-state index in [2.05, 4.69) is 32.3 Å². The number of halogens is 1. The monoisotopic (exact) mass is 279 g/mol. The number of pyridine rings is 1. The molecule has 84 valence electrons. The number of aromatic nitrogens is 1. The first kappa shape index (κ1) is 11.4. The van der Waals surface area contributed by atoms with Crippen LogP contribution in [-0.4, -0.2) is 18.1 Å². The summed E-state index contributed by atoms with van der Waals surface area (Å²) in [6.07, 6.45) is 2.77. The molecule has 0 unspecified atom stereocenters. The number of anilines is 1. The van der Waals surface area contributed by atoms with Gasteiger partial charge in [-0.25, -0.2) is 4.98 Å². The number of rotatable bonds is 4. The molecule has 4 heteroatoms. The lowest BCUT2D eigenvalue weighted by Gasteiger charge is -2.09. The van der Waals surface area contributed by atoms with E-state index in [1.165, 1.54) is 5.39 Å². The molecule has 0 amide bonds. The Bertz CT molecular complexity index is 479. The molecule has 0 spiro atoms. The number of nitrogens with zero attached hydrogens (tertiary/aromatic N) is 1. The van der Waals surface area contributed by atoms with E-state index in [1.54, 1.807) is 0 Å². The first-order valence-corrected chi connectivity index (χ1v) is 6.09. The van der Waals surface area contributed by atoms with E-state index in [9.17, 15) is 0 Å². The molecule has 0 radical (unpaired) electrons. The predicted octanol–water partition coefficient (Wildman–Crippen LogP) is 2.76. The van der Waals surface area contributed by atoms with E-state index >= 15 is 0 Å². The zero-order valence-electron chi connectivity index (χ0n) is 8.91. The summed E-state index contributed by atoms with van der Waals surface area (Å²) in [7, 11) is 0. The SMILES string of the molecule is NCCCNc1nccc2cccc(Br)c12. The Morgan fingerprint density at radius 1 is 1.31 bits per heavy atom. The standard InChI is InChI=1S/C12H14BrN3/c13-10-4-1-3-9-5-8-16-12(11(9)10)15-7-2-6-14/h1,3-5,8H,2,6-7,14H2,(H,15,16). The minimum absolute atomic E-state index is 0.693. The molecule has 0 saturated heterocycles. The van der Waals surface area contributed by atoms with E-state index < -0.39 is 0 Å². The zero-order valence-corrected chi connectivity index (χ0v) is 10.5. The molecule has 3 nitrogen and oxygen atoms in total. The van der Waals surface area contributed by atoms with Crippen LogP contribution >= 0.6 is 15.9 Å². The summed E-state index contributed by atoms with van der Waals surface area (Å²) in [6.45, 7) is 1.54. The Balaban J connectivity index is 2.37. The van der Waals surface area contributed by atoms with Crippen LogP contribution in [0.15, 0.2) is 34.9 Å². The van der Waals surface area contributed by atoms with Crippen molar-refractivity contribution in [1.29, 1.82) is 0 Å². The maximum Gasteiger partial charge on any atom is 0.134 e. The van der Waals surface area contributed by atoms with E-state index in [0.29, 0.717) is 6.54 Å². The van der Waals surface area contributed by atoms with Crippen LogP contribution in [0.5, 0.6) is 0 Å². The van der Waals surface area contributed by atoms with Gasteiger partial charge in [-0.1, -0.05) is 28.1 Å².